The van der Waals surface area contributed by atoms with Gasteiger partial charge >= 0.3 is 5.97 Å². The van der Waals surface area contributed by atoms with Gasteiger partial charge in [-0.05, 0) is 55.5 Å². The zero-order valence-electron chi connectivity index (χ0n) is 11.6. The monoisotopic (exact) mass is 267 g/mol. The first-order valence-corrected chi connectivity index (χ1v) is 6.66. The van der Waals surface area contributed by atoms with E-state index in [-0.39, 0.29) is 12.2 Å². The Bertz CT molecular complexity index is 421. The third kappa shape index (κ3) is 6.34. The number of carboxylic acids is 1. The van der Waals surface area contributed by atoms with Gasteiger partial charge in [0.15, 0.2) is 0 Å². The Labute approximate surface area is 113 Å². The second kappa shape index (κ2) is 7.89. The summed E-state index contributed by atoms with van der Waals surface area (Å²) in [6.45, 7) is 5.48. The van der Waals surface area contributed by atoms with Gasteiger partial charge in [-0.15, -0.1) is 0 Å². The molecule has 2 N–H and O–H groups in total. The predicted molar refractivity (Wildman–Crippen MR) is 73.5 cm³/mol. The molecule has 4 heteroatoms. The van der Waals surface area contributed by atoms with Gasteiger partial charge in [-0.25, -0.2) is 4.39 Å². The van der Waals surface area contributed by atoms with Crippen LogP contribution >= 0.6 is 0 Å². The van der Waals surface area contributed by atoms with E-state index < -0.39 is 5.97 Å². The molecule has 1 rings (SSSR count). The van der Waals surface area contributed by atoms with Gasteiger partial charge in [-0.3, -0.25) is 4.79 Å². The van der Waals surface area contributed by atoms with E-state index in [1.54, 1.807) is 12.1 Å². The molecule has 1 unspecified atom stereocenters. The van der Waals surface area contributed by atoms with Crippen LogP contribution < -0.4 is 5.32 Å². The molecule has 0 saturated heterocycles. The molecule has 19 heavy (non-hydrogen) atoms. The van der Waals surface area contributed by atoms with E-state index in [0.29, 0.717) is 18.9 Å². The molecule has 0 heterocycles. The minimum Gasteiger partial charge on any atom is -0.481 e. The molecule has 0 radical (unpaired) electrons. The van der Waals surface area contributed by atoms with Crippen LogP contribution in [-0.2, 0) is 11.3 Å². The SMILES string of the molecule is Cc1ccc(F)cc1CNCCC(C)CCC(=O)O. The van der Waals surface area contributed by atoms with E-state index in [4.69, 9.17) is 5.11 Å². The number of benzene rings is 1. The highest BCUT2D eigenvalue weighted by Crippen LogP contribution is 2.11. The van der Waals surface area contributed by atoms with E-state index in [1.807, 2.05) is 6.92 Å². The fourth-order valence-electron chi connectivity index (χ4n) is 1.92. The molecular weight excluding hydrogens is 245 g/mol. The third-order valence-electron chi connectivity index (χ3n) is 3.29. The van der Waals surface area contributed by atoms with Crippen molar-refractivity contribution in [1.29, 1.82) is 0 Å². The molecule has 106 valence electrons. The van der Waals surface area contributed by atoms with Gasteiger partial charge in [0, 0.05) is 13.0 Å². The molecule has 0 aliphatic carbocycles. The molecule has 1 aromatic rings. The summed E-state index contributed by atoms with van der Waals surface area (Å²) in [5.74, 6) is -0.565. The van der Waals surface area contributed by atoms with Gasteiger partial charge in [0.2, 0.25) is 0 Å². The van der Waals surface area contributed by atoms with Crippen LogP contribution in [0.4, 0.5) is 4.39 Å². The number of halogens is 1. The highest BCUT2D eigenvalue weighted by atomic mass is 19.1. The van der Waals surface area contributed by atoms with E-state index in [0.717, 1.165) is 24.1 Å². The smallest absolute Gasteiger partial charge is 0.303 e. The van der Waals surface area contributed by atoms with Crippen molar-refractivity contribution in [3.63, 3.8) is 0 Å². The lowest BCUT2D eigenvalue weighted by Crippen LogP contribution is -2.18. The first-order valence-electron chi connectivity index (χ1n) is 6.66. The largest absolute Gasteiger partial charge is 0.481 e. The Morgan fingerprint density at radius 2 is 2.16 bits per heavy atom. The van der Waals surface area contributed by atoms with Gasteiger partial charge in [0.05, 0.1) is 0 Å². The molecule has 1 atom stereocenters. The summed E-state index contributed by atoms with van der Waals surface area (Å²) in [4.78, 5) is 10.4. The molecule has 0 bridgehead atoms. The number of nitrogens with one attached hydrogen (secondary N) is 1. The standard InChI is InChI=1S/C15H22FNO2/c1-11(3-6-15(18)19)7-8-17-10-13-9-14(16)5-4-12(13)2/h4-5,9,11,17H,3,6-8,10H2,1-2H3,(H,18,19). The van der Waals surface area contributed by atoms with Crippen LogP contribution in [0.5, 0.6) is 0 Å². The first-order chi connectivity index (χ1) is 8.99. The Kier molecular flexibility index (Phi) is 6.50. The lowest BCUT2D eigenvalue weighted by atomic mass is 10.0. The molecule has 0 fully saturated rings. The minimum atomic E-state index is -0.741. The van der Waals surface area contributed by atoms with Crippen molar-refractivity contribution in [3.05, 3.63) is 35.1 Å². The number of hydrogen-bond donors (Lipinski definition) is 2. The molecule has 3 nitrogen and oxygen atoms in total. The van der Waals surface area contributed by atoms with E-state index in [2.05, 4.69) is 12.2 Å². The van der Waals surface area contributed by atoms with Gasteiger partial charge in [0.1, 0.15) is 5.82 Å². The number of carbonyl (C=O) groups is 1. The van der Waals surface area contributed by atoms with E-state index in [9.17, 15) is 9.18 Å². The molecular formula is C15H22FNO2. The lowest BCUT2D eigenvalue weighted by Gasteiger charge is -2.11. The predicted octanol–water partition coefficient (Wildman–Crippen LogP) is 3.11. The topological polar surface area (TPSA) is 49.3 Å². The zero-order chi connectivity index (χ0) is 14.3. The zero-order valence-corrected chi connectivity index (χ0v) is 11.6. The maximum absolute atomic E-state index is 13.1. The summed E-state index contributed by atoms with van der Waals surface area (Å²) < 4.78 is 13.1. The lowest BCUT2D eigenvalue weighted by molar-refractivity contribution is -0.137. The summed E-state index contributed by atoms with van der Waals surface area (Å²) in [7, 11) is 0. The number of rotatable bonds is 8. The van der Waals surface area contributed by atoms with Crippen molar-refractivity contribution < 1.29 is 14.3 Å². The second-order valence-electron chi connectivity index (χ2n) is 5.07. The second-order valence-corrected chi connectivity index (χ2v) is 5.07. The van der Waals surface area contributed by atoms with Crippen molar-refractivity contribution in [2.45, 2.75) is 39.7 Å². The van der Waals surface area contributed by atoms with E-state index >= 15 is 0 Å². The Morgan fingerprint density at radius 3 is 2.84 bits per heavy atom. The van der Waals surface area contributed by atoms with Gasteiger partial charge < -0.3 is 10.4 Å². The van der Waals surface area contributed by atoms with Crippen LogP contribution in [0.3, 0.4) is 0 Å². The normalized spacial score (nSPS) is 12.4. The summed E-state index contributed by atoms with van der Waals surface area (Å²) in [5.41, 5.74) is 2.05. The van der Waals surface area contributed by atoms with Crippen LogP contribution in [0.1, 0.15) is 37.3 Å². The Hall–Kier alpha value is -1.42. The Balaban J connectivity index is 2.23. The third-order valence-corrected chi connectivity index (χ3v) is 3.29. The first kappa shape index (κ1) is 15.6. The molecule has 0 aliphatic heterocycles. The summed E-state index contributed by atoms with van der Waals surface area (Å²) in [6, 6.07) is 4.80. The van der Waals surface area contributed by atoms with Gasteiger partial charge in [-0.1, -0.05) is 13.0 Å². The van der Waals surface area contributed by atoms with Crippen molar-refractivity contribution >= 4 is 5.97 Å². The molecule has 0 saturated carbocycles. The molecule has 0 aromatic heterocycles. The molecule has 1 aromatic carbocycles. The maximum Gasteiger partial charge on any atom is 0.303 e. The highest BCUT2D eigenvalue weighted by Gasteiger charge is 2.05. The minimum absolute atomic E-state index is 0.211. The number of aryl methyl sites for hydroxylation is 1. The van der Waals surface area contributed by atoms with Crippen molar-refractivity contribution in [2.75, 3.05) is 6.54 Å². The highest BCUT2D eigenvalue weighted by molar-refractivity contribution is 5.66. The van der Waals surface area contributed by atoms with Crippen LogP contribution in [0.15, 0.2) is 18.2 Å². The van der Waals surface area contributed by atoms with Gasteiger partial charge in [-0.2, -0.15) is 0 Å². The van der Waals surface area contributed by atoms with E-state index in [1.165, 1.54) is 6.07 Å². The number of aliphatic carboxylic acids is 1. The van der Waals surface area contributed by atoms with Crippen LogP contribution in [-0.4, -0.2) is 17.6 Å². The molecule has 0 spiro atoms. The van der Waals surface area contributed by atoms with Gasteiger partial charge in [0.25, 0.3) is 0 Å². The van der Waals surface area contributed by atoms with Crippen LogP contribution in [0.25, 0.3) is 0 Å². The van der Waals surface area contributed by atoms with Crippen molar-refractivity contribution in [2.24, 2.45) is 5.92 Å². The van der Waals surface area contributed by atoms with Crippen molar-refractivity contribution in [3.8, 4) is 0 Å². The number of hydrogen-bond acceptors (Lipinski definition) is 2. The summed E-state index contributed by atoms with van der Waals surface area (Å²) in [5, 5.41) is 11.9. The Morgan fingerprint density at radius 1 is 1.42 bits per heavy atom. The molecule has 0 amide bonds. The number of carboxylic acid groups (broad SMARTS) is 1. The molecule has 0 aliphatic rings. The quantitative estimate of drug-likeness (QED) is 0.711. The fourth-order valence-corrected chi connectivity index (χ4v) is 1.92. The van der Waals surface area contributed by atoms with Crippen LogP contribution in [0.2, 0.25) is 0 Å². The fraction of sp³-hybridized carbons (Fsp3) is 0.533. The summed E-state index contributed by atoms with van der Waals surface area (Å²) >= 11 is 0. The average Bonchev–Trinajstić information content (AvgIpc) is 2.36. The maximum atomic E-state index is 13.1. The van der Waals surface area contributed by atoms with Crippen LogP contribution in [0, 0.1) is 18.7 Å². The summed E-state index contributed by atoms with van der Waals surface area (Å²) in [6.07, 6.45) is 1.86. The van der Waals surface area contributed by atoms with Crippen molar-refractivity contribution in [1.82, 2.24) is 5.32 Å². The average molecular weight is 267 g/mol.